The molecule has 0 N–H and O–H groups in total. The standard InChI is InChI=1S/C14H20N2O3S3/c1-4-19-13(18)9-7-5-6-8-16(9)12(17)10-11(20-2)15-22-14(10)21-3/h9H,4-8H2,1-3H3. The minimum Gasteiger partial charge on any atom is -0.464 e. The molecule has 2 rings (SSSR count). The van der Waals surface area contributed by atoms with E-state index in [0.29, 0.717) is 25.1 Å². The van der Waals surface area contributed by atoms with Gasteiger partial charge >= 0.3 is 5.97 Å². The number of nitrogens with zero attached hydrogens (tertiary/aromatic N) is 2. The van der Waals surface area contributed by atoms with E-state index in [1.165, 1.54) is 35.1 Å². The second-order valence-corrected chi connectivity index (χ2v) is 7.46. The minimum atomic E-state index is -0.467. The number of rotatable bonds is 5. The molecule has 0 bridgehead atoms. The van der Waals surface area contributed by atoms with Crippen molar-refractivity contribution in [1.82, 2.24) is 9.27 Å². The van der Waals surface area contributed by atoms with Crippen molar-refractivity contribution in [2.45, 2.75) is 41.5 Å². The molecule has 0 saturated carbocycles. The van der Waals surface area contributed by atoms with Crippen LogP contribution in [-0.4, -0.2) is 52.9 Å². The normalized spacial score (nSPS) is 18.3. The molecule has 0 aliphatic carbocycles. The molecule has 2 heterocycles. The highest BCUT2D eigenvalue weighted by molar-refractivity contribution is 8.01. The fourth-order valence-corrected chi connectivity index (χ4v) is 4.78. The first kappa shape index (κ1) is 17.6. The topological polar surface area (TPSA) is 59.5 Å². The molecular weight excluding hydrogens is 340 g/mol. The quantitative estimate of drug-likeness (QED) is 0.594. The van der Waals surface area contributed by atoms with E-state index in [-0.39, 0.29) is 11.9 Å². The molecule has 122 valence electrons. The third-order valence-corrected chi connectivity index (χ3v) is 6.28. The zero-order valence-electron chi connectivity index (χ0n) is 13.0. The second-order valence-electron chi connectivity index (χ2n) is 4.82. The van der Waals surface area contributed by atoms with Gasteiger partial charge in [-0.05, 0) is 50.2 Å². The molecule has 5 nitrogen and oxygen atoms in total. The lowest BCUT2D eigenvalue weighted by Crippen LogP contribution is -2.48. The van der Waals surface area contributed by atoms with Crippen molar-refractivity contribution in [1.29, 1.82) is 0 Å². The van der Waals surface area contributed by atoms with E-state index in [0.717, 1.165) is 22.1 Å². The SMILES string of the molecule is CCOC(=O)C1CCCCN1C(=O)c1c(SC)nsc1SC. The Morgan fingerprint density at radius 3 is 2.77 bits per heavy atom. The van der Waals surface area contributed by atoms with Crippen LogP contribution in [0.4, 0.5) is 0 Å². The number of piperidine rings is 1. The van der Waals surface area contributed by atoms with Crippen LogP contribution in [0, 0.1) is 0 Å². The van der Waals surface area contributed by atoms with Gasteiger partial charge in [0.05, 0.1) is 16.4 Å². The van der Waals surface area contributed by atoms with Gasteiger partial charge < -0.3 is 9.64 Å². The predicted molar refractivity (Wildman–Crippen MR) is 91.0 cm³/mol. The van der Waals surface area contributed by atoms with Gasteiger partial charge in [0.2, 0.25) is 0 Å². The van der Waals surface area contributed by atoms with Gasteiger partial charge in [-0.3, -0.25) is 4.79 Å². The number of aromatic nitrogens is 1. The van der Waals surface area contributed by atoms with Crippen LogP contribution in [-0.2, 0) is 9.53 Å². The molecule has 1 atom stereocenters. The Morgan fingerprint density at radius 2 is 2.14 bits per heavy atom. The summed E-state index contributed by atoms with van der Waals surface area (Å²) >= 11 is 4.33. The maximum absolute atomic E-state index is 13.0. The van der Waals surface area contributed by atoms with Crippen LogP contribution >= 0.6 is 35.1 Å². The highest BCUT2D eigenvalue weighted by Gasteiger charge is 2.36. The molecule has 1 aliphatic heterocycles. The third kappa shape index (κ3) is 3.60. The average molecular weight is 361 g/mol. The summed E-state index contributed by atoms with van der Waals surface area (Å²) in [5, 5.41) is 0.743. The van der Waals surface area contributed by atoms with Gasteiger partial charge in [0.25, 0.3) is 5.91 Å². The Kier molecular flexibility index (Phi) is 6.58. The maximum atomic E-state index is 13.0. The van der Waals surface area contributed by atoms with Crippen LogP contribution in [0.5, 0.6) is 0 Å². The Morgan fingerprint density at radius 1 is 1.36 bits per heavy atom. The van der Waals surface area contributed by atoms with E-state index in [1.807, 2.05) is 12.5 Å². The van der Waals surface area contributed by atoms with Gasteiger partial charge in [0.1, 0.15) is 11.1 Å². The van der Waals surface area contributed by atoms with Crippen molar-refractivity contribution >= 4 is 46.9 Å². The highest BCUT2D eigenvalue weighted by Crippen LogP contribution is 2.34. The van der Waals surface area contributed by atoms with E-state index in [2.05, 4.69) is 4.37 Å². The van der Waals surface area contributed by atoms with Crippen molar-refractivity contribution < 1.29 is 14.3 Å². The van der Waals surface area contributed by atoms with Crippen LogP contribution in [0.3, 0.4) is 0 Å². The van der Waals surface area contributed by atoms with Gasteiger partial charge in [0, 0.05) is 6.54 Å². The summed E-state index contributed by atoms with van der Waals surface area (Å²) in [6.07, 6.45) is 6.38. The van der Waals surface area contributed by atoms with E-state index >= 15 is 0 Å². The number of ether oxygens (including phenoxy) is 1. The van der Waals surface area contributed by atoms with E-state index < -0.39 is 6.04 Å². The number of carbonyl (C=O) groups is 2. The molecule has 1 fully saturated rings. The highest BCUT2D eigenvalue weighted by atomic mass is 32.2. The molecule has 1 amide bonds. The largest absolute Gasteiger partial charge is 0.464 e. The molecule has 1 aromatic heterocycles. The van der Waals surface area contributed by atoms with Gasteiger partial charge in [-0.15, -0.1) is 23.5 Å². The molecule has 22 heavy (non-hydrogen) atoms. The molecule has 1 saturated heterocycles. The summed E-state index contributed by atoms with van der Waals surface area (Å²) in [6.45, 7) is 2.72. The number of amides is 1. The summed E-state index contributed by atoms with van der Waals surface area (Å²) < 4.78 is 10.4. The van der Waals surface area contributed by atoms with Crippen LogP contribution in [0.1, 0.15) is 36.5 Å². The smallest absolute Gasteiger partial charge is 0.328 e. The summed E-state index contributed by atoms with van der Waals surface area (Å²) in [4.78, 5) is 26.8. The van der Waals surface area contributed by atoms with Crippen LogP contribution < -0.4 is 0 Å². The lowest BCUT2D eigenvalue weighted by atomic mass is 10.0. The summed E-state index contributed by atoms with van der Waals surface area (Å²) in [7, 11) is 0. The number of carbonyl (C=O) groups excluding carboxylic acids is 2. The molecular formula is C14H20N2O3S3. The first-order valence-electron chi connectivity index (χ1n) is 7.19. The van der Waals surface area contributed by atoms with Crippen molar-refractivity contribution in [2.24, 2.45) is 0 Å². The summed E-state index contributed by atoms with van der Waals surface area (Å²) in [5.74, 6) is -0.393. The maximum Gasteiger partial charge on any atom is 0.328 e. The molecule has 8 heteroatoms. The number of thioether (sulfide) groups is 2. The first-order valence-corrected chi connectivity index (χ1v) is 10.4. The van der Waals surface area contributed by atoms with Crippen LogP contribution in [0.2, 0.25) is 0 Å². The van der Waals surface area contributed by atoms with Gasteiger partial charge in [-0.25, -0.2) is 4.79 Å². The zero-order valence-corrected chi connectivity index (χ0v) is 15.4. The Hall–Kier alpha value is -0.730. The van der Waals surface area contributed by atoms with Crippen molar-refractivity contribution in [3.63, 3.8) is 0 Å². The Balaban J connectivity index is 2.29. The van der Waals surface area contributed by atoms with Gasteiger partial charge in [-0.2, -0.15) is 4.37 Å². The second kappa shape index (κ2) is 8.21. The minimum absolute atomic E-state index is 0.0970. The van der Waals surface area contributed by atoms with Crippen molar-refractivity contribution in [3.05, 3.63) is 5.56 Å². The number of likely N-dealkylation sites (tertiary alicyclic amines) is 1. The Labute approximate surface area is 143 Å². The van der Waals surface area contributed by atoms with E-state index in [4.69, 9.17) is 4.74 Å². The van der Waals surface area contributed by atoms with Crippen LogP contribution in [0.25, 0.3) is 0 Å². The monoisotopic (exact) mass is 360 g/mol. The van der Waals surface area contributed by atoms with Gasteiger partial charge in [-0.1, -0.05) is 0 Å². The predicted octanol–water partition coefficient (Wildman–Crippen LogP) is 3.14. The van der Waals surface area contributed by atoms with E-state index in [1.54, 1.807) is 11.8 Å². The fraction of sp³-hybridized carbons (Fsp3) is 0.643. The third-order valence-electron chi connectivity index (χ3n) is 3.54. The zero-order chi connectivity index (χ0) is 16.1. The number of hydrogen-bond donors (Lipinski definition) is 0. The molecule has 0 spiro atoms. The van der Waals surface area contributed by atoms with E-state index in [9.17, 15) is 9.59 Å². The molecule has 0 aromatic carbocycles. The molecule has 0 radical (unpaired) electrons. The van der Waals surface area contributed by atoms with Gasteiger partial charge in [0.15, 0.2) is 0 Å². The average Bonchev–Trinajstić information content (AvgIpc) is 2.97. The first-order chi connectivity index (χ1) is 10.6. The summed E-state index contributed by atoms with van der Waals surface area (Å²) in [6, 6.07) is -0.467. The Bertz CT molecular complexity index is 526. The lowest BCUT2D eigenvalue weighted by molar-refractivity contribution is -0.149. The molecule has 1 aliphatic rings. The lowest BCUT2D eigenvalue weighted by Gasteiger charge is -2.34. The van der Waals surface area contributed by atoms with Crippen LogP contribution in [0.15, 0.2) is 9.24 Å². The molecule has 1 aromatic rings. The van der Waals surface area contributed by atoms with Crippen molar-refractivity contribution in [3.8, 4) is 0 Å². The summed E-state index contributed by atoms with van der Waals surface area (Å²) in [5.41, 5.74) is 0.640. The fourth-order valence-electron chi connectivity index (χ4n) is 2.52. The number of esters is 1. The molecule has 1 unspecified atom stereocenters. The van der Waals surface area contributed by atoms with Crippen molar-refractivity contribution in [2.75, 3.05) is 25.7 Å². The number of hydrogen-bond acceptors (Lipinski definition) is 7.